The Morgan fingerprint density at radius 3 is 2.33 bits per heavy atom. The minimum absolute atomic E-state index is 0.0557. The highest BCUT2D eigenvalue weighted by Crippen LogP contribution is 2.31. The molecule has 18 heavy (non-hydrogen) atoms. The Morgan fingerprint density at radius 1 is 1.11 bits per heavy atom. The lowest BCUT2D eigenvalue weighted by Gasteiger charge is -2.21. The third-order valence-corrected chi connectivity index (χ3v) is 3.43. The first kappa shape index (κ1) is 13.4. The summed E-state index contributed by atoms with van der Waals surface area (Å²) in [5, 5.41) is 1.96. The van der Waals surface area contributed by atoms with Crippen LogP contribution in [-0.4, -0.2) is 4.98 Å². The topological polar surface area (TPSA) is 12.9 Å². The van der Waals surface area contributed by atoms with E-state index < -0.39 is 0 Å². The molecule has 96 valence electrons. The molecule has 1 nitrogen and oxygen atoms in total. The van der Waals surface area contributed by atoms with Gasteiger partial charge in [0.1, 0.15) is 0 Å². The van der Waals surface area contributed by atoms with Gasteiger partial charge in [-0.1, -0.05) is 52.3 Å². The predicted molar refractivity (Wildman–Crippen MR) is 79.5 cm³/mol. The van der Waals surface area contributed by atoms with Gasteiger partial charge in [0, 0.05) is 21.5 Å². The maximum Gasteiger partial charge on any atom is 0.0723 e. The Morgan fingerprint density at radius 2 is 1.78 bits per heavy atom. The third-order valence-electron chi connectivity index (χ3n) is 3.19. The normalized spacial score (nSPS) is 12.4. The van der Waals surface area contributed by atoms with Gasteiger partial charge in [-0.05, 0) is 29.7 Å². The SMILES string of the molecule is CC(C)c1cc(C(C)(C)C)nc2cc(Cl)ccc12. The molecule has 0 aliphatic heterocycles. The van der Waals surface area contributed by atoms with Gasteiger partial charge in [0.25, 0.3) is 0 Å². The van der Waals surface area contributed by atoms with Crippen molar-refractivity contribution in [3.05, 3.63) is 40.5 Å². The summed E-state index contributed by atoms with van der Waals surface area (Å²) in [5.41, 5.74) is 3.53. The molecule has 2 rings (SSSR count). The van der Waals surface area contributed by atoms with Gasteiger partial charge < -0.3 is 0 Å². The highest BCUT2D eigenvalue weighted by Gasteiger charge is 2.18. The molecule has 2 heteroatoms. The number of rotatable bonds is 1. The first-order valence-electron chi connectivity index (χ1n) is 6.39. The third kappa shape index (κ3) is 2.51. The van der Waals surface area contributed by atoms with E-state index in [1.54, 1.807) is 0 Å². The molecule has 0 aliphatic carbocycles. The zero-order valence-electron chi connectivity index (χ0n) is 11.7. The number of hydrogen-bond acceptors (Lipinski definition) is 1. The van der Waals surface area contributed by atoms with E-state index in [0.717, 1.165) is 16.2 Å². The van der Waals surface area contributed by atoms with Crippen LogP contribution in [0, 0.1) is 0 Å². The Labute approximate surface area is 114 Å². The molecular formula is C16H20ClN. The summed E-state index contributed by atoms with van der Waals surface area (Å²) in [4.78, 5) is 4.77. The van der Waals surface area contributed by atoms with E-state index in [0.29, 0.717) is 5.92 Å². The molecule has 0 unspecified atom stereocenters. The van der Waals surface area contributed by atoms with Gasteiger partial charge in [0.05, 0.1) is 5.52 Å². The summed E-state index contributed by atoms with van der Waals surface area (Å²) in [7, 11) is 0. The van der Waals surface area contributed by atoms with Crippen molar-refractivity contribution in [2.75, 3.05) is 0 Å². The fourth-order valence-corrected chi connectivity index (χ4v) is 2.26. The molecule has 0 spiro atoms. The van der Waals surface area contributed by atoms with Crippen LogP contribution in [0.5, 0.6) is 0 Å². The Balaban J connectivity index is 2.79. The van der Waals surface area contributed by atoms with Crippen molar-refractivity contribution in [1.82, 2.24) is 4.98 Å². The summed E-state index contributed by atoms with van der Waals surface area (Å²) < 4.78 is 0. The van der Waals surface area contributed by atoms with Crippen molar-refractivity contribution >= 4 is 22.5 Å². The molecule has 0 radical (unpaired) electrons. The monoisotopic (exact) mass is 261 g/mol. The number of halogens is 1. The second-order valence-corrected chi connectivity index (χ2v) is 6.60. The quantitative estimate of drug-likeness (QED) is 0.678. The van der Waals surface area contributed by atoms with E-state index in [4.69, 9.17) is 16.6 Å². The van der Waals surface area contributed by atoms with Crippen LogP contribution in [0.15, 0.2) is 24.3 Å². The number of benzene rings is 1. The van der Waals surface area contributed by atoms with Crippen LogP contribution in [0.1, 0.15) is 51.8 Å². The minimum Gasteiger partial charge on any atom is -0.252 e. The van der Waals surface area contributed by atoms with Gasteiger partial charge >= 0.3 is 0 Å². The first-order chi connectivity index (χ1) is 8.29. The highest BCUT2D eigenvalue weighted by atomic mass is 35.5. The van der Waals surface area contributed by atoms with Crippen LogP contribution < -0.4 is 0 Å². The number of pyridine rings is 1. The fraction of sp³-hybridized carbons (Fsp3) is 0.438. The summed E-state index contributed by atoms with van der Waals surface area (Å²) in [6.07, 6.45) is 0. The highest BCUT2D eigenvalue weighted by molar-refractivity contribution is 6.31. The molecule has 0 aliphatic rings. The Hall–Kier alpha value is -1.08. The molecule has 0 saturated heterocycles. The van der Waals surface area contributed by atoms with E-state index >= 15 is 0 Å². The van der Waals surface area contributed by atoms with Crippen molar-refractivity contribution in [3.8, 4) is 0 Å². The molecule has 0 saturated carbocycles. The lowest BCUT2D eigenvalue weighted by atomic mass is 9.88. The van der Waals surface area contributed by atoms with E-state index in [1.807, 2.05) is 12.1 Å². The van der Waals surface area contributed by atoms with Gasteiger partial charge in [-0.2, -0.15) is 0 Å². The van der Waals surface area contributed by atoms with E-state index in [1.165, 1.54) is 10.9 Å². The predicted octanol–water partition coefficient (Wildman–Crippen LogP) is 5.31. The molecule has 0 atom stereocenters. The average molecular weight is 262 g/mol. The van der Waals surface area contributed by atoms with Crippen molar-refractivity contribution < 1.29 is 0 Å². The van der Waals surface area contributed by atoms with Gasteiger partial charge in [-0.15, -0.1) is 0 Å². The molecule has 0 bridgehead atoms. The number of nitrogens with zero attached hydrogens (tertiary/aromatic N) is 1. The van der Waals surface area contributed by atoms with Crippen molar-refractivity contribution in [2.45, 2.75) is 46.0 Å². The van der Waals surface area contributed by atoms with Gasteiger partial charge in [0.15, 0.2) is 0 Å². The second-order valence-electron chi connectivity index (χ2n) is 6.16. The zero-order chi connectivity index (χ0) is 13.5. The van der Waals surface area contributed by atoms with Gasteiger partial charge in [-0.25, -0.2) is 0 Å². The van der Waals surface area contributed by atoms with Gasteiger partial charge in [-0.3, -0.25) is 4.98 Å². The second kappa shape index (κ2) is 4.55. The zero-order valence-corrected chi connectivity index (χ0v) is 12.5. The van der Waals surface area contributed by atoms with Crippen molar-refractivity contribution in [1.29, 1.82) is 0 Å². The Bertz CT molecular complexity index is 579. The number of fused-ring (bicyclic) bond motifs is 1. The van der Waals surface area contributed by atoms with Crippen molar-refractivity contribution in [2.24, 2.45) is 0 Å². The van der Waals surface area contributed by atoms with E-state index in [9.17, 15) is 0 Å². The largest absolute Gasteiger partial charge is 0.252 e. The van der Waals surface area contributed by atoms with Crippen LogP contribution in [0.3, 0.4) is 0 Å². The molecule has 1 heterocycles. The maximum atomic E-state index is 6.08. The minimum atomic E-state index is 0.0557. The molecular weight excluding hydrogens is 242 g/mol. The standard InChI is InChI=1S/C16H20ClN/c1-10(2)13-9-15(16(3,4)5)18-14-8-11(17)6-7-12(13)14/h6-10H,1-5H3. The fourth-order valence-electron chi connectivity index (χ4n) is 2.09. The van der Waals surface area contributed by atoms with E-state index in [-0.39, 0.29) is 5.41 Å². The average Bonchev–Trinajstić information content (AvgIpc) is 2.25. The smallest absolute Gasteiger partial charge is 0.0723 e. The lowest BCUT2D eigenvalue weighted by molar-refractivity contribution is 0.570. The first-order valence-corrected chi connectivity index (χ1v) is 6.77. The summed E-state index contributed by atoms with van der Waals surface area (Å²) in [6, 6.07) is 8.21. The van der Waals surface area contributed by atoms with Crippen LogP contribution in [-0.2, 0) is 5.41 Å². The molecule has 1 aromatic heterocycles. The van der Waals surface area contributed by atoms with Crippen LogP contribution in [0.2, 0.25) is 5.02 Å². The lowest BCUT2D eigenvalue weighted by Crippen LogP contribution is -2.14. The summed E-state index contributed by atoms with van der Waals surface area (Å²) >= 11 is 6.08. The molecule has 2 aromatic rings. The Kier molecular flexibility index (Phi) is 3.37. The summed E-state index contributed by atoms with van der Waals surface area (Å²) in [6.45, 7) is 11.0. The van der Waals surface area contributed by atoms with Crippen LogP contribution in [0.25, 0.3) is 10.9 Å². The molecule has 0 N–H and O–H groups in total. The number of hydrogen-bond donors (Lipinski definition) is 0. The van der Waals surface area contributed by atoms with Crippen molar-refractivity contribution in [3.63, 3.8) is 0 Å². The number of aromatic nitrogens is 1. The molecule has 1 aromatic carbocycles. The van der Waals surface area contributed by atoms with Crippen LogP contribution >= 0.6 is 11.6 Å². The van der Waals surface area contributed by atoms with Crippen LogP contribution in [0.4, 0.5) is 0 Å². The maximum absolute atomic E-state index is 6.08. The molecule has 0 amide bonds. The molecule has 0 fully saturated rings. The van der Waals surface area contributed by atoms with E-state index in [2.05, 4.69) is 46.8 Å². The summed E-state index contributed by atoms with van der Waals surface area (Å²) in [5.74, 6) is 0.484. The van der Waals surface area contributed by atoms with Gasteiger partial charge in [0.2, 0.25) is 0 Å².